The number of benzene rings is 2. The summed E-state index contributed by atoms with van der Waals surface area (Å²) in [5.41, 5.74) is 2.70. The van der Waals surface area contributed by atoms with Gasteiger partial charge in [0.2, 0.25) is 0 Å². The van der Waals surface area contributed by atoms with Gasteiger partial charge in [-0.3, -0.25) is 4.90 Å². The van der Waals surface area contributed by atoms with Crippen LogP contribution in [0.15, 0.2) is 60.7 Å². The molecule has 2 nitrogen and oxygen atoms in total. The SMILES string of the molecule is CCC(CN([C@H](C)c1ccccc1)[C@H](C)c1ccccc1)OC. The maximum atomic E-state index is 5.66. The molecule has 1 unspecified atom stereocenters. The second-order valence-corrected chi connectivity index (χ2v) is 6.14. The van der Waals surface area contributed by atoms with Crippen molar-refractivity contribution in [2.45, 2.75) is 45.4 Å². The van der Waals surface area contributed by atoms with Gasteiger partial charge in [-0.2, -0.15) is 0 Å². The van der Waals surface area contributed by atoms with Gasteiger partial charge in [-0.15, -0.1) is 0 Å². The van der Waals surface area contributed by atoms with E-state index in [1.165, 1.54) is 11.1 Å². The van der Waals surface area contributed by atoms with Crippen molar-refractivity contribution in [2.24, 2.45) is 0 Å². The Labute approximate surface area is 141 Å². The van der Waals surface area contributed by atoms with Crippen molar-refractivity contribution in [3.8, 4) is 0 Å². The average molecular weight is 311 g/mol. The van der Waals surface area contributed by atoms with Crippen LogP contribution >= 0.6 is 0 Å². The standard InChI is InChI=1S/C21H29NO/c1-5-21(23-4)16-22(17(2)19-12-8-6-9-13-19)18(3)20-14-10-7-11-15-20/h6-15,17-18,21H,5,16H2,1-4H3/t17-,18-,21?/m1/s1. The van der Waals surface area contributed by atoms with E-state index in [1.807, 2.05) is 7.11 Å². The zero-order valence-electron chi connectivity index (χ0n) is 14.8. The topological polar surface area (TPSA) is 12.5 Å². The first kappa shape index (κ1) is 17.7. The summed E-state index contributed by atoms with van der Waals surface area (Å²) in [5.74, 6) is 0. The van der Waals surface area contributed by atoms with Gasteiger partial charge in [-0.25, -0.2) is 0 Å². The molecule has 124 valence electrons. The van der Waals surface area contributed by atoms with Gasteiger partial charge in [-0.1, -0.05) is 67.6 Å². The second kappa shape index (κ2) is 8.85. The van der Waals surface area contributed by atoms with Crippen molar-refractivity contribution in [3.63, 3.8) is 0 Å². The van der Waals surface area contributed by atoms with Gasteiger partial charge in [-0.05, 0) is 31.4 Å². The molecule has 0 aromatic heterocycles. The Hall–Kier alpha value is -1.64. The fourth-order valence-corrected chi connectivity index (χ4v) is 3.10. The van der Waals surface area contributed by atoms with Gasteiger partial charge in [0.15, 0.2) is 0 Å². The molecule has 0 aliphatic rings. The predicted octanol–water partition coefficient (Wildman–Crippen LogP) is 5.24. The fourth-order valence-electron chi connectivity index (χ4n) is 3.10. The Morgan fingerprint density at radius 3 is 1.61 bits per heavy atom. The summed E-state index contributed by atoms with van der Waals surface area (Å²) in [4.78, 5) is 2.54. The van der Waals surface area contributed by atoms with Gasteiger partial charge in [0.1, 0.15) is 0 Å². The first-order chi connectivity index (χ1) is 11.2. The Kier molecular flexibility index (Phi) is 6.82. The lowest BCUT2D eigenvalue weighted by Gasteiger charge is -2.37. The van der Waals surface area contributed by atoms with Gasteiger partial charge in [0.05, 0.1) is 6.10 Å². The quantitative estimate of drug-likeness (QED) is 0.661. The maximum absolute atomic E-state index is 5.66. The Morgan fingerprint density at radius 1 is 0.826 bits per heavy atom. The van der Waals surface area contributed by atoms with Crippen LogP contribution < -0.4 is 0 Å². The summed E-state index contributed by atoms with van der Waals surface area (Å²) in [6.45, 7) is 7.69. The molecule has 0 saturated heterocycles. The van der Waals surface area contributed by atoms with Crippen molar-refractivity contribution < 1.29 is 4.74 Å². The van der Waals surface area contributed by atoms with E-state index in [-0.39, 0.29) is 6.10 Å². The molecule has 0 aliphatic heterocycles. The van der Waals surface area contributed by atoms with Crippen LogP contribution in [0.3, 0.4) is 0 Å². The first-order valence-electron chi connectivity index (χ1n) is 8.55. The summed E-state index contributed by atoms with van der Waals surface area (Å²) in [5, 5.41) is 0. The summed E-state index contributed by atoms with van der Waals surface area (Å²) in [6, 6.07) is 22.1. The molecular formula is C21H29NO. The third-order valence-corrected chi connectivity index (χ3v) is 4.76. The van der Waals surface area contributed by atoms with E-state index in [1.54, 1.807) is 0 Å². The number of ether oxygens (including phenoxy) is 1. The highest BCUT2D eigenvalue weighted by Crippen LogP contribution is 2.30. The van der Waals surface area contributed by atoms with E-state index < -0.39 is 0 Å². The third kappa shape index (κ3) is 4.66. The van der Waals surface area contributed by atoms with Crippen molar-refractivity contribution in [1.82, 2.24) is 4.90 Å². The number of hydrogen-bond donors (Lipinski definition) is 0. The molecule has 0 spiro atoms. The fraction of sp³-hybridized carbons (Fsp3) is 0.429. The molecule has 0 bridgehead atoms. The lowest BCUT2D eigenvalue weighted by Crippen LogP contribution is -2.37. The smallest absolute Gasteiger partial charge is 0.0696 e. The lowest BCUT2D eigenvalue weighted by atomic mass is 10.00. The van der Waals surface area contributed by atoms with Crippen LogP contribution in [0.4, 0.5) is 0 Å². The summed E-state index contributed by atoms with van der Waals surface area (Å²) in [6.07, 6.45) is 1.28. The Bertz CT molecular complexity index is 505. The maximum Gasteiger partial charge on any atom is 0.0696 e. The summed E-state index contributed by atoms with van der Waals surface area (Å²) >= 11 is 0. The van der Waals surface area contributed by atoms with E-state index >= 15 is 0 Å². The molecule has 0 aliphatic carbocycles. The van der Waals surface area contributed by atoms with Crippen molar-refractivity contribution in [1.29, 1.82) is 0 Å². The highest BCUT2D eigenvalue weighted by atomic mass is 16.5. The zero-order valence-corrected chi connectivity index (χ0v) is 14.8. The van der Waals surface area contributed by atoms with Crippen LogP contribution in [-0.2, 0) is 4.74 Å². The molecule has 0 N–H and O–H groups in total. The monoisotopic (exact) mass is 311 g/mol. The van der Waals surface area contributed by atoms with Crippen LogP contribution in [0.25, 0.3) is 0 Å². The first-order valence-corrected chi connectivity index (χ1v) is 8.55. The van der Waals surface area contributed by atoms with Gasteiger partial charge in [0, 0.05) is 25.7 Å². The highest BCUT2D eigenvalue weighted by molar-refractivity contribution is 5.22. The van der Waals surface area contributed by atoms with Crippen LogP contribution in [0, 0.1) is 0 Å². The van der Waals surface area contributed by atoms with Crippen molar-refractivity contribution in [2.75, 3.05) is 13.7 Å². The molecule has 2 rings (SSSR count). The van der Waals surface area contributed by atoms with Crippen LogP contribution in [0.2, 0.25) is 0 Å². The van der Waals surface area contributed by atoms with Crippen LogP contribution in [0.1, 0.15) is 50.4 Å². The highest BCUT2D eigenvalue weighted by Gasteiger charge is 2.25. The second-order valence-electron chi connectivity index (χ2n) is 6.14. The Balaban J connectivity index is 2.27. The number of nitrogens with zero attached hydrogens (tertiary/aromatic N) is 1. The van der Waals surface area contributed by atoms with Crippen LogP contribution in [-0.4, -0.2) is 24.7 Å². The predicted molar refractivity (Wildman–Crippen MR) is 97.5 cm³/mol. The molecule has 23 heavy (non-hydrogen) atoms. The van der Waals surface area contributed by atoms with E-state index in [4.69, 9.17) is 4.74 Å². The molecule has 3 atom stereocenters. The summed E-state index contributed by atoms with van der Waals surface area (Å²) < 4.78 is 5.66. The van der Waals surface area contributed by atoms with E-state index in [0.717, 1.165) is 13.0 Å². The lowest BCUT2D eigenvalue weighted by molar-refractivity contribution is 0.0314. The molecular weight excluding hydrogens is 282 g/mol. The minimum Gasteiger partial charge on any atom is -0.380 e. The van der Waals surface area contributed by atoms with Gasteiger partial charge in [0.25, 0.3) is 0 Å². The molecule has 2 aromatic rings. The normalized spacial score (nSPS) is 15.3. The van der Waals surface area contributed by atoms with Crippen molar-refractivity contribution >= 4 is 0 Å². The Morgan fingerprint density at radius 2 is 1.26 bits per heavy atom. The summed E-state index contributed by atoms with van der Waals surface area (Å²) in [7, 11) is 1.81. The minimum atomic E-state index is 0.257. The van der Waals surface area contributed by atoms with E-state index in [2.05, 4.69) is 86.3 Å². The van der Waals surface area contributed by atoms with Crippen molar-refractivity contribution in [3.05, 3.63) is 71.8 Å². The van der Waals surface area contributed by atoms with E-state index in [9.17, 15) is 0 Å². The minimum absolute atomic E-state index is 0.257. The largest absolute Gasteiger partial charge is 0.380 e. The molecule has 2 aromatic carbocycles. The number of methoxy groups -OCH3 is 1. The molecule has 0 heterocycles. The molecule has 0 radical (unpaired) electrons. The average Bonchev–Trinajstić information content (AvgIpc) is 2.63. The number of rotatable bonds is 8. The molecule has 0 saturated carbocycles. The molecule has 2 heteroatoms. The molecule has 0 amide bonds. The van der Waals surface area contributed by atoms with Crippen LogP contribution in [0.5, 0.6) is 0 Å². The van der Waals surface area contributed by atoms with E-state index in [0.29, 0.717) is 12.1 Å². The van der Waals surface area contributed by atoms with Gasteiger partial charge >= 0.3 is 0 Å². The zero-order chi connectivity index (χ0) is 16.7. The number of hydrogen-bond acceptors (Lipinski definition) is 2. The van der Waals surface area contributed by atoms with Gasteiger partial charge < -0.3 is 4.74 Å². The molecule has 0 fully saturated rings. The third-order valence-electron chi connectivity index (χ3n) is 4.76.